The van der Waals surface area contributed by atoms with Crippen molar-refractivity contribution in [1.82, 2.24) is 10.6 Å². The van der Waals surface area contributed by atoms with Gasteiger partial charge in [0.15, 0.2) is 0 Å². The third kappa shape index (κ3) is 5.73. The summed E-state index contributed by atoms with van der Waals surface area (Å²) in [6, 6.07) is 0.385. The monoisotopic (exact) mass is 238 g/mol. The van der Waals surface area contributed by atoms with E-state index in [9.17, 15) is 4.79 Å². The Hall–Kier alpha value is 0.0700. The Kier molecular flexibility index (Phi) is 8.43. The maximum atomic E-state index is 11.3. The first-order valence-corrected chi connectivity index (χ1v) is 6.06. The van der Waals surface area contributed by atoms with Gasteiger partial charge >= 0.3 is 0 Å². The second-order valence-electron chi connectivity index (χ2n) is 3.28. The molecule has 3 nitrogen and oxygen atoms in total. The summed E-state index contributed by atoms with van der Waals surface area (Å²) >= 11 is 1.93. The van der Waals surface area contributed by atoms with Gasteiger partial charge in [-0.15, -0.1) is 12.4 Å². The molecule has 0 bridgehead atoms. The molecule has 1 aliphatic heterocycles. The number of rotatable bonds is 4. The van der Waals surface area contributed by atoms with Crippen molar-refractivity contribution < 1.29 is 4.79 Å². The molecule has 2 N–H and O–H groups in total. The predicted molar refractivity (Wildman–Crippen MR) is 64.3 cm³/mol. The molecule has 1 heterocycles. The van der Waals surface area contributed by atoms with E-state index >= 15 is 0 Å². The quantitative estimate of drug-likeness (QED) is 0.769. The smallest absolute Gasteiger partial charge is 0.221 e. The molecular formula is C9H19ClN2OS. The minimum Gasteiger partial charge on any atom is -0.356 e. The number of carbonyl (C=O) groups is 1. The number of nitrogens with one attached hydrogen (secondary N) is 2. The van der Waals surface area contributed by atoms with Crippen molar-refractivity contribution in [1.29, 1.82) is 0 Å². The van der Waals surface area contributed by atoms with Crippen LogP contribution in [0.2, 0.25) is 0 Å². The number of carbonyl (C=O) groups excluding carboxylic acids is 1. The minimum absolute atomic E-state index is 0. The van der Waals surface area contributed by atoms with Gasteiger partial charge in [-0.05, 0) is 6.42 Å². The van der Waals surface area contributed by atoms with Crippen LogP contribution in [0.1, 0.15) is 19.8 Å². The van der Waals surface area contributed by atoms with Crippen molar-refractivity contribution in [3.63, 3.8) is 0 Å². The summed E-state index contributed by atoms with van der Waals surface area (Å²) in [6.45, 7) is 3.91. The summed E-state index contributed by atoms with van der Waals surface area (Å²) in [4.78, 5) is 11.3. The first-order valence-electron chi connectivity index (χ1n) is 4.90. The molecule has 1 saturated heterocycles. The van der Waals surface area contributed by atoms with Gasteiger partial charge in [-0.25, -0.2) is 0 Å². The number of thioether (sulfide) groups is 1. The van der Waals surface area contributed by atoms with Crippen LogP contribution < -0.4 is 10.6 Å². The molecule has 0 spiro atoms. The maximum Gasteiger partial charge on any atom is 0.221 e. The standard InChI is InChI=1S/C9H18N2OS.ClH/c1-2-3-11-9(12)6-8-7-13-5-4-10-8;/h8,10H,2-7H2,1H3,(H,11,12);1H. The van der Waals surface area contributed by atoms with Crippen LogP contribution in [0, 0.1) is 0 Å². The molecule has 5 heteroatoms. The molecule has 0 aromatic heterocycles. The number of amides is 1. The van der Waals surface area contributed by atoms with E-state index in [0.717, 1.165) is 25.3 Å². The molecule has 0 aliphatic carbocycles. The number of hydrogen-bond donors (Lipinski definition) is 2. The van der Waals surface area contributed by atoms with Crippen molar-refractivity contribution in [2.75, 3.05) is 24.6 Å². The van der Waals surface area contributed by atoms with Crippen LogP contribution in [0.5, 0.6) is 0 Å². The average molecular weight is 239 g/mol. The van der Waals surface area contributed by atoms with Gasteiger partial charge in [0.1, 0.15) is 0 Å². The summed E-state index contributed by atoms with van der Waals surface area (Å²) in [6.07, 6.45) is 1.64. The second kappa shape index (κ2) is 8.38. The topological polar surface area (TPSA) is 41.1 Å². The highest BCUT2D eigenvalue weighted by atomic mass is 35.5. The van der Waals surface area contributed by atoms with E-state index in [0.29, 0.717) is 12.5 Å². The first kappa shape index (κ1) is 14.1. The van der Waals surface area contributed by atoms with E-state index in [-0.39, 0.29) is 18.3 Å². The van der Waals surface area contributed by atoms with Gasteiger partial charge in [0.25, 0.3) is 0 Å². The highest BCUT2D eigenvalue weighted by Gasteiger charge is 2.15. The van der Waals surface area contributed by atoms with Crippen LogP contribution in [-0.4, -0.2) is 36.5 Å². The minimum atomic E-state index is 0. The van der Waals surface area contributed by atoms with Gasteiger partial charge < -0.3 is 10.6 Å². The van der Waals surface area contributed by atoms with Crippen molar-refractivity contribution in [3.8, 4) is 0 Å². The highest BCUT2D eigenvalue weighted by molar-refractivity contribution is 7.99. The molecule has 1 unspecified atom stereocenters. The molecule has 0 aromatic rings. The summed E-state index contributed by atoms with van der Waals surface area (Å²) in [7, 11) is 0. The Morgan fingerprint density at radius 1 is 1.64 bits per heavy atom. The third-order valence-electron chi connectivity index (χ3n) is 2.00. The molecule has 14 heavy (non-hydrogen) atoms. The molecule has 0 radical (unpaired) electrons. The zero-order chi connectivity index (χ0) is 9.52. The zero-order valence-corrected chi connectivity index (χ0v) is 10.2. The Labute approximate surface area is 96.2 Å². The average Bonchev–Trinajstić information content (AvgIpc) is 2.16. The summed E-state index contributed by atoms with van der Waals surface area (Å²) in [5, 5.41) is 6.24. The van der Waals surface area contributed by atoms with E-state index in [1.165, 1.54) is 5.75 Å². The Morgan fingerprint density at radius 2 is 2.43 bits per heavy atom. The maximum absolute atomic E-state index is 11.3. The molecular weight excluding hydrogens is 220 g/mol. The lowest BCUT2D eigenvalue weighted by Gasteiger charge is -2.22. The zero-order valence-electron chi connectivity index (χ0n) is 8.54. The van der Waals surface area contributed by atoms with Gasteiger partial charge in [-0.3, -0.25) is 4.79 Å². The van der Waals surface area contributed by atoms with Gasteiger partial charge in [0.2, 0.25) is 5.91 Å². The SMILES string of the molecule is CCCNC(=O)CC1CSCCN1.Cl. The third-order valence-corrected chi connectivity index (χ3v) is 3.13. The first-order chi connectivity index (χ1) is 6.33. The molecule has 1 aliphatic rings. The fraction of sp³-hybridized carbons (Fsp3) is 0.889. The number of halogens is 1. The lowest BCUT2D eigenvalue weighted by Crippen LogP contribution is -2.41. The van der Waals surface area contributed by atoms with E-state index in [1.54, 1.807) is 0 Å². The van der Waals surface area contributed by atoms with E-state index < -0.39 is 0 Å². The molecule has 1 amide bonds. The summed E-state index contributed by atoms with van der Waals surface area (Å²) in [5.41, 5.74) is 0. The van der Waals surface area contributed by atoms with Crippen LogP contribution in [0.15, 0.2) is 0 Å². The lowest BCUT2D eigenvalue weighted by atomic mass is 10.2. The predicted octanol–water partition coefficient (Wildman–Crippen LogP) is 1.03. The van der Waals surface area contributed by atoms with Gasteiger partial charge in [0.05, 0.1) is 0 Å². The van der Waals surface area contributed by atoms with Crippen LogP contribution in [0.4, 0.5) is 0 Å². The molecule has 84 valence electrons. The Balaban J connectivity index is 0.00000169. The number of hydrogen-bond acceptors (Lipinski definition) is 3. The normalized spacial score (nSPS) is 21.1. The van der Waals surface area contributed by atoms with Crippen LogP contribution in [0.25, 0.3) is 0 Å². The Bertz CT molecular complexity index is 163. The second-order valence-corrected chi connectivity index (χ2v) is 4.43. The summed E-state index contributed by atoms with van der Waals surface area (Å²) < 4.78 is 0. The van der Waals surface area contributed by atoms with Crippen molar-refractivity contribution >= 4 is 30.1 Å². The lowest BCUT2D eigenvalue weighted by molar-refractivity contribution is -0.121. The fourth-order valence-electron chi connectivity index (χ4n) is 1.31. The van der Waals surface area contributed by atoms with E-state index in [4.69, 9.17) is 0 Å². The molecule has 0 saturated carbocycles. The van der Waals surface area contributed by atoms with Crippen LogP contribution in [-0.2, 0) is 4.79 Å². The van der Waals surface area contributed by atoms with Gasteiger partial charge in [-0.1, -0.05) is 6.92 Å². The molecule has 1 rings (SSSR count). The van der Waals surface area contributed by atoms with Gasteiger partial charge in [-0.2, -0.15) is 11.8 Å². The van der Waals surface area contributed by atoms with Crippen LogP contribution >= 0.6 is 24.2 Å². The van der Waals surface area contributed by atoms with Crippen molar-refractivity contribution in [2.45, 2.75) is 25.8 Å². The Morgan fingerprint density at radius 3 is 3.00 bits per heavy atom. The van der Waals surface area contributed by atoms with Crippen LogP contribution in [0.3, 0.4) is 0 Å². The molecule has 0 aromatic carbocycles. The fourth-order valence-corrected chi connectivity index (χ4v) is 2.26. The van der Waals surface area contributed by atoms with Crippen molar-refractivity contribution in [3.05, 3.63) is 0 Å². The van der Waals surface area contributed by atoms with E-state index in [1.807, 2.05) is 11.8 Å². The van der Waals surface area contributed by atoms with Crippen molar-refractivity contribution in [2.24, 2.45) is 0 Å². The largest absolute Gasteiger partial charge is 0.356 e. The van der Waals surface area contributed by atoms with E-state index in [2.05, 4.69) is 17.6 Å². The highest BCUT2D eigenvalue weighted by Crippen LogP contribution is 2.09. The molecule has 1 atom stereocenters. The summed E-state index contributed by atoms with van der Waals surface area (Å²) in [5.74, 6) is 2.42. The molecule has 1 fully saturated rings. The van der Waals surface area contributed by atoms with Gasteiger partial charge in [0, 0.05) is 37.1 Å².